The Kier molecular flexibility index (Phi) is 6.52. The summed E-state index contributed by atoms with van der Waals surface area (Å²) in [5.74, 6) is -1.57. The second kappa shape index (κ2) is 7.11. The van der Waals surface area contributed by atoms with Gasteiger partial charge in [0, 0.05) is 0 Å². The number of ether oxygens (including phenoxy) is 1. The summed E-state index contributed by atoms with van der Waals surface area (Å²) in [5, 5.41) is 11.1. The van der Waals surface area contributed by atoms with E-state index < -0.39 is 35.9 Å². The van der Waals surface area contributed by atoms with Crippen molar-refractivity contribution >= 4 is 17.8 Å². The molecule has 0 saturated heterocycles. The maximum atomic E-state index is 11.7. The molecule has 0 fully saturated rings. The van der Waals surface area contributed by atoms with E-state index in [9.17, 15) is 14.4 Å². The minimum absolute atomic E-state index is 0.151. The van der Waals surface area contributed by atoms with Crippen molar-refractivity contribution in [3.63, 3.8) is 0 Å². The normalized spacial score (nSPS) is 12.9. The van der Waals surface area contributed by atoms with Crippen molar-refractivity contribution in [3.8, 4) is 0 Å². The number of nitrogens with one attached hydrogen (secondary N) is 1. The standard InChI is InChI=1S/C13H23NO5/c1-8(2)6-9(10(15)7-11(16)17)14-12(18)19-13(3,4)5/h8-9H,6-7H2,1-5H3,(H,14,18)(H,16,17). The molecule has 0 aromatic rings. The van der Waals surface area contributed by atoms with E-state index in [1.165, 1.54) is 0 Å². The lowest BCUT2D eigenvalue weighted by molar-refractivity contribution is -0.140. The van der Waals surface area contributed by atoms with Gasteiger partial charge in [0.1, 0.15) is 12.0 Å². The van der Waals surface area contributed by atoms with Crippen LogP contribution in [-0.2, 0) is 14.3 Å². The van der Waals surface area contributed by atoms with Gasteiger partial charge in [-0.15, -0.1) is 0 Å². The lowest BCUT2D eigenvalue weighted by atomic mass is 9.99. The molecular weight excluding hydrogens is 250 g/mol. The molecular formula is C13H23NO5. The summed E-state index contributed by atoms with van der Waals surface area (Å²) in [6.07, 6.45) is -0.935. The van der Waals surface area contributed by atoms with Crippen molar-refractivity contribution in [1.82, 2.24) is 5.32 Å². The number of carbonyl (C=O) groups is 3. The van der Waals surface area contributed by atoms with Gasteiger partial charge in [-0.05, 0) is 33.1 Å². The Morgan fingerprint density at radius 3 is 2.11 bits per heavy atom. The van der Waals surface area contributed by atoms with E-state index in [4.69, 9.17) is 9.84 Å². The molecule has 1 atom stereocenters. The van der Waals surface area contributed by atoms with Gasteiger partial charge in [0.2, 0.25) is 0 Å². The largest absolute Gasteiger partial charge is 0.481 e. The maximum absolute atomic E-state index is 11.7. The van der Waals surface area contributed by atoms with Crippen LogP contribution in [0.3, 0.4) is 0 Å². The van der Waals surface area contributed by atoms with Crippen LogP contribution in [0.4, 0.5) is 4.79 Å². The van der Waals surface area contributed by atoms with E-state index in [0.29, 0.717) is 6.42 Å². The number of hydrogen-bond donors (Lipinski definition) is 2. The second-order valence-corrected chi connectivity index (χ2v) is 5.87. The molecule has 0 rings (SSSR count). The summed E-state index contributed by atoms with van der Waals surface area (Å²) in [5.41, 5.74) is -0.664. The molecule has 1 unspecified atom stereocenters. The summed E-state index contributed by atoms with van der Waals surface area (Å²) in [6, 6.07) is -0.828. The number of carbonyl (C=O) groups excluding carboxylic acids is 2. The summed E-state index contributed by atoms with van der Waals surface area (Å²) in [6.45, 7) is 8.91. The van der Waals surface area contributed by atoms with Crippen molar-refractivity contribution in [2.45, 2.75) is 59.1 Å². The number of carboxylic acid groups (broad SMARTS) is 1. The third kappa shape index (κ3) is 9.04. The molecule has 0 aromatic heterocycles. The van der Waals surface area contributed by atoms with Gasteiger partial charge in [0.05, 0.1) is 6.04 Å². The summed E-state index contributed by atoms with van der Waals surface area (Å²) in [7, 11) is 0. The monoisotopic (exact) mass is 273 g/mol. The van der Waals surface area contributed by atoms with Crippen LogP contribution in [0.25, 0.3) is 0 Å². The molecule has 19 heavy (non-hydrogen) atoms. The van der Waals surface area contributed by atoms with Gasteiger partial charge in [-0.25, -0.2) is 4.79 Å². The fraction of sp³-hybridized carbons (Fsp3) is 0.769. The Balaban J connectivity index is 4.63. The Morgan fingerprint density at radius 2 is 1.74 bits per heavy atom. The smallest absolute Gasteiger partial charge is 0.408 e. The molecule has 0 aromatic carbocycles. The van der Waals surface area contributed by atoms with Crippen molar-refractivity contribution < 1.29 is 24.2 Å². The Labute approximate surface area is 113 Å². The molecule has 6 nitrogen and oxygen atoms in total. The van der Waals surface area contributed by atoms with Crippen molar-refractivity contribution in [3.05, 3.63) is 0 Å². The minimum atomic E-state index is -1.20. The van der Waals surface area contributed by atoms with Crippen molar-refractivity contribution in [2.75, 3.05) is 0 Å². The zero-order chi connectivity index (χ0) is 15.2. The van der Waals surface area contributed by atoms with Gasteiger partial charge in [-0.1, -0.05) is 13.8 Å². The number of carboxylic acids is 1. The number of rotatable bonds is 6. The second-order valence-electron chi connectivity index (χ2n) is 5.87. The maximum Gasteiger partial charge on any atom is 0.408 e. The van der Waals surface area contributed by atoms with Crippen LogP contribution in [-0.4, -0.2) is 34.6 Å². The Morgan fingerprint density at radius 1 is 1.21 bits per heavy atom. The van der Waals surface area contributed by atoms with E-state index in [1.54, 1.807) is 20.8 Å². The third-order valence-electron chi connectivity index (χ3n) is 2.11. The lowest BCUT2D eigenvalue weighted by Gasteiger charge is -2.23. The first-order chi connectivity index (χ1) is 8.51. The van der Waals surface area contributed by atoms with Crippen molar-refractivity contribution in [2.24, 2.45) is 5.92 Å². The van der Waals surface area contributed by atoms with Crippen LogP contribution in [0.1, 0.15) is 47.5 Å². The van der Waals surface area contributed by atoms with Gasteiger partial charge in [0.15, 0.2) is 5.78 Å². The molecule has 0 spiro atoms. The molecule has 110 valence electrons. The zero-order valence-corrected chi connectivity index (χ0v) is 12.1. The van der Waals surface area contributed by atoms with Gasteiger partial charge in [-0.2, -0.15) is 0 Å². The van der Waals surface area contributed by atoms with E-state index in [1.807, 2.05) is 13.8 Å². The van der Waals surface area contributed by atoms with Gasteiger partial charge in [0.25, 0.3) is 0 Å². The number of hydrogen-bond acceptors (Lipinski definition) is 4. The Hall–Kier alpha value is -1.59. The lowest BCUT2D eigenvalue weighted by Crippen LogP contribution is -2.44. The number of alkyl carbamates (subject to hydrolysis) is 1. The summed E-state index contributed by atoms with van der Waals surface area (Å²) in [4.78, 5) is 33.9. The highest BCUT2D eigenvalue weighted by Gasteiger charge is 2.26. The van der Waals surface area contributed by atoms with E-state index in [-0.39, 0.29) is 5.92 Å². The van der Waals surface area contributed by atoms with Crippen LogP contribution in [0.5, 0.6) is 0 Å². The number of Topliss-reactive ketones (excluding diaryl/α,β-unsaturated/α-hetero) is 1. The SMILES string of the molecule is CC(C)CC(NC(=O)OC(C)(C)C)C(=O)CC(=O)O. The average molecular weight is 273 g/mol. The van der Waals surface area contributed by atoms with E-state index >= 15 is 0 Å². The predicted molar refractivity (Wildman–Crippen MR) is 69.9 cm³/mol. The van der Waals surface area contributed by atoms with Gasteiger partial charge in [-0.3, -0.25) is 9.59 Å². The Bertz CT molecular complexity index is 343. The van der Waals surface area contributed by atoms with Crippen LogP contribution >= 0.6 is 0 Å². The minimum Gasteiger partial charge on any atom is -0.481 e. The fourth-order valence-electron chi connectivity index (χ4n) is 1.46. The number of amides is 1. The first-order valence-electron chi connectivity index (χ1n) is 6.25. The van der Waals surface area contributed by atoms with E-state index in [0.717, 1.165) is 0 Å². The molecule has 0 radical (unpaired) electrons. The number of ketones is 1. The molecule has 0 aliphatic rings. The molecule has 0 aliphatic heterocycles. The first-order valence-corrected chi connectivity index (χ1v) is 6.25. The van der Waals surface area contributed by atoms with Crippen LogP contribution in [0.15, 0.2) is 0 Å². The molecule has 6 heteroatoms. The highest BCUT2D eigenvalue weighted by Crippen LogP contribution is 2.10. The van der Waals surface area contributed by atoms with E-state index in [2.05, 4.69) is 5.32 Å². The number of aliphatic carboxylic acids is 1. The highest BCUT2D eigenvalue weighted by molar-refractivity contribution is 5.99. The molecule has 0 saturated carbocycles. The highest BCUT2D eigenvalue weighted by atomic mass is 16.6. The predicted octanol–water partition coefficient (Wildman–Crippen LogP) is 1.97. The summed E-state index contributed by atoms with van der Waals surface area (Å²) < 4.78 is 5.06. The van der Waals surface area contributed by atoms with Crippen LogP contribution in [0, 0.1) is 5.92 Å². The molecule has 1 amide bonds. The van der Waals surface area contributed by atoms with Crippen molar-refractivity contribution in [1.29, 1.82) is 0 Å². The third-order valence-corrected chi connectivity index (χ3v) is 2.11. The van der Waals surface area contributed by atoms with Crippen LogP contribution in [0.2, 0.25) is 0 Å². The topological polar surface area (TPSA) is 92.7 Å². The molecule has 0 bridgehead atoms. The average Bonchev–Trinajstić information content (AvgIpc) is 2.11. The van der Waals surface area contributed by atoms with Gasteiger partial charge >= 0.3 is 12.1 Å². The first kappa shape index (κ1) is 17.4. The quantitative estimate of drug-likeness (QED) is 0.722. The fourth-order valence-corrected chi connectivity index (χ4v) is 1.46. The molecule has 0 aliphatic carbocycles. The zero-order valence-electron chi connectivity index (χ0n) is 12.1. The molecule has 2 N–H and O–H groups in total. The van der Waals surface area contributed by atoms with Gasteiger partial charge < -0.3 is 15.2 Å². The van der Waals surface area contributed by atoms with Crippen LogP contribution < -0.4 is 5.32 Å². The molecule has 0 heterocycles. The summed E-state index contributed by atoms with van der Waals surface area (Å²) >= 11 is 0.